The number of phenols is 1. The van der Waals surface area contributed by atoms with Crippen molar-refractivity contribution < 1.29 is 19.0 Å². The number of ether oxygens (including phenoxy) is 2. The van der Waals surface area contributed by atoms with Crippen LogP contribution >= 0.6 is 0 Å². The molecule has 0 aromatic heterocycles. The van der Waals surface area contributed by atoms with Crippen molar-refractivity contribution >= 4 is 5.96 Å². The molecule has 0 radical (unpaired) electrons. The molecule has 1 heterocycles. The average molecular weight is 345 g/mol. The molecule has 6 nitrogen and oxygen atoms in total. The first-order chi connectivity index (χ1) is 12.2. The molecule has 0 spiro atoms. The van der Waals surface area contributed by atoms with Crippen LogP contribution in [0.3, 0.4) is 0 Å². The molecule has 1 aliphatic heterocycles. The molecule has 0 saturated carbocycles. The lowest BCUT2D eigenvalue weighted by atomic mass is 10.2. The Kier molecular flexibility index (Phi) is 5.23. The Balaban J connectivity index is 1.49. The van der Waals surface area contributed by atoms with Crippen LogP contribution in [-0.4, -0.2) is 37.4 Å². The van der Waals surface area contributed by atoms with E-state index in [1.54, 1.807) is 13.1 Å². The standard InChI is InChI=1S/C18H20FN3O3/c1-20-18(21-9-12-6-7-15(23)14(19)8-12)22-10-13-11-24-16-4-2-3-5-17(16)25-13/h2-8,13,23H,9-11H2,1H3,(H2,20,21,22). The Morgan fingerprint density at radius 2 is 2.04 bits per heavy atom. The van der Waals surface area contributed by atoms with Crippen LogP contribution in [0.1, 0.15) is 5.56 Å². The molecule has 3 N–H and O–H groups in total. The fraction of sp³-hybridized carbons (Fsp3) is 0.278. The van der Waals surface area contributed by atoms with Crippen LogP contribution in [0.4, 0.5) is 4.39 Å². The Morgan fingerprint density at radius 1 is 1.24 bits per heavy atom. The Hall–Kier alpha value is -2.96. The van der Waals surface area contributed by atoms with Gasteiger partial charge in [0.15, 0.2) is 29.0 Å². The van der Waals surface area contributed by atoms with Crippen molar-refractivity contribution in [2.45, 2.75) is 12.6 Å². The van der Waals surface area contributed by atoms with Crippen LogP contribution in [0.2, 0.25) is 0 Å². The van der Waals surface area contributed by atoms with E-state index in [1.807, 2.05) is 24.3 Å². The lowest BCUT2D eigenvalue weighted by Gasteiger charge is -2.27. The SMILES string of the molecule is CN=C(NCc1ccc(O)c(F)c1)NCC1COc2ccccc2O1. The third kappa shape index (κ3) is 4.32. The van der Waals surface area contributed by atoms with Crippen molar-refractivity contribution in [3.05, 3.63) is 53.8 Å². The lowest BCUT2D eigenvalue weighted by Crippen LogP contribution is -2.45. The molecule has 0 bridgehead atoms. The molecular weight excluding hydrogens is 325 g/mol. The summed E-state index contributed by atoms with van der Waals surface area (Å²) in [7, 11) is 1.65. The van der Waals surface area contributed by atoms with Crippen LogP contribution in [0.15, 0.2) is 47.5 Å². The second-order valence-electron chi connectivity index (χ2n) is 5.59. The first kappa shape index (κ1) is 16.9. The minimum absolute atomic E-state index is 0.139. The minimum Gasteiger partial charge on any atom is -0.505 e. The van der Waals surface area contributed by atoms with E-state index in [-0.39, 0.29) is 11.9 Å². The number of aromatic hydroxyl groups is 1. The van der Waals surface area contributed by atoms with Crippen molar-refractivity contribution in [1.82, 2.24) is 10.6 Å². The molecule has 1 atom stereocenters. The summed E-state index contributed by atoms with van der Waals surface area (Å²) in [6.45, 7) is 1.34. The van der Waals surface area contributed by atoms with Crippen molar-refractivity contribution in [3.8, 4) is 17.2 Å². The van der Waals surface area contributed by atoms with Crippen LogP contribution < -0.4 is 20.1 Å². The first-order valence-electron chi connectivity index (χ1n) is 7.96. The summed E-state index contributed by atoms with van der Waals surface area (Å²) in [5.41, 5.74) is 0.699. The maximum Gasteiger partial charge on any atom is 0.191 e. The van der Waals surface area contributed by atoms with E-state index in [4.69, 9.17) is 9.47 Å². The van der Waals surface area contributed by atoms with Gasteiger partial charge in [-0.1, -0.05) is 18.2 Å². The predicted octanol–water partition coefficient (Wildman–Crippen LogP) is 2.04. The van der Waals surface area contributed by atoms with Crippen LogP contribution in [0, 0.1) is 5.82 Å². The summed E-state index contributed by atoms with van der Waals surface area (Å²) >= 11 is 0. The molecule has 2 aromatic rings. The number of nitrogens with zero attached hydrogens (tertiary/aromatic N) is 1. The van der Waals surface area contributed by atoms with E-state index in [1.165, 1.54) is 12.1 Å². The zero-order chi connectivity index (χ0) is 17.6. The van der Waals surface area contributed by atoms with Gasteiger partial charge in [0.05, 0.1) is 6.54 Å². The summed E-state index contributed by atoms with van der Waals surface area (Å²) in [6.07, 6.45) is -0.139. The van der Waals surface area contributed by atoms with Crippen molar-refractivity contribution in [1.29, 1.82) is 0 Å². The topological polar surface area (TPSA) is 75.1 Å². The fourth-order valence-corrected chi connectivity index (χ4v) is 2.44. The number of fused-ring (bicyclic) bond motifs is 1. The summed E-state index contributed by atoms with van der Waals surface area (Å²) < 4.78 is 24.9. The number of nitrogens with one attached hydrogen (secondary N) is 2. The number of phenolic OH excluding ortho intramolecular Hbond substituents is 1. The lowest BCUT2D eigenvalue weighted by molar-refractivity contribution is 0.0936. The maximum atomic E-state index is 13.3. The third-order valence-corrected chi connectivity index (χ3v) is 3.76. The van der Waals surface area contributed by atoms with Gasteiger partial charge in [-0.2, -0.15) is 0 Å². The Labute approximate surface area is 145 Å². The van der Waals surface area contributed by atoms with Gasteiger partial charge < -0.3 is 25.2 Å². The van der Waals surface area contributed by atoms with E-state index in [0.717, 1.165) is 11.5 Å². The number of hydrogen-bond donors (Lipinski definition) is 3. The zero-order valence-electron chi connectivity index (χ0n) is 13.8. The second kappa shape index (κ2) is 7.74. The summed E-state index contributed by atoms with van der Waals surface area (Å²) in [6, 6.07) is 11.8. The number of hydrogen-bond acceptors (Lipinski definition) is 4. The first-order valence-corrected chi connectivity index (χ1v) is 7.96. The number of benzene rings is 2. The van der Waals surface area contributed by atoms with Crippen LogP contribution in [0.5, 0.6) is 17.2 Å². The smallest absolute Gasteiger partial charge is 0.191 e. The Morgan fingerprint density at radius 3 is 2.80 bits per heavy atom. The highest BCUT2D eigenvalue weighted by molar-refractivity contribution is 5.79. The van der Waals surface area contributed by atoms with E-state index < -0.39 is 5.82 Å². The van der Waals surface area contributed by atoms with Gasteiger partial charge in [0.1, 0.15) is 12.7 Å². The van der Waals surface area contributed by atoms with Gasteiger partial charge >= 0.3 is 0 Å². The summed E-state index contributed by atoms with van der Waals surface area (Å²) in [4.78, 5) is 4.13. The Bertz CT molecular complexity index is 767. The minimum atomic E-state index is -0.645. The molecule has 0 saturated heterocycles. The fourth-order valence-electron chi connectivity index (χ4n) is 2.44. The highest BCUT2D eigenvalue weighted by atomic mass is 19.1. The van der Waals surface area contributed by atoms with E-state index in [2.05, 4.69) is 15.6 Å². The van der Waals surface area contributed by atoms with E-state index >= 15 is 0 Å². The highest BCUT2D eigenvalue weighted by Crippen LogP contribution is 2.30. The third-order valence-electron chi connectivity index (χ3n) is 3.76. The normalized spacial score (nSPS) is 16.4. The van der Waals surface area contributed by atoms with Crippen LogP contribution in [0.25, 0.3) is 0 Å². The van der Waals surface area contributed by atoms with Gasteiger partial charge in [0, 0.05) is 13.6 Å². The molecule has 132 valence electrons. The molecule has 0 fully saturated rings. The number of rotatable bonds is 4. The van der Waals surface area contributed by atoms with E-state index in [9.17, 15) is 9.50 Å². The van der Waals surface area contributed by atoms with Gasteiger partial charge in [-0.25, -0.2) is 4.39 Å². The molecule has 25 heavy (non-hydrogen) atoms. The number of aliphatic imine (C=N–C) groups is 1. The highest BCUT2D eigenvalue weighted by Gasteiger charge is 2.20. The average Bonchev–Trinajstić information content (AvgIpc) is 2.64. The molecule has 0 aliphatic carbocycles. The molecule has 1 unspecified atom stereocenters. The van der Waals surface area contributed by atoms with Crippen molar-refractivity contribution in [3.63, 3.8) is 0 Å². The van der Waals surface area contributed by atoms with Crippen molar-refractivity contribution in [2.75, 3.05) is 20.2 Å². The van der Waals surface area contributed by atoms with Gasteiger partial charge in [-0.05, 0) is 29.8 Å². The second-order valence-corrected chi connectivity index (χ2v) is 5.59. The molecular formula is C18H20FN3O3. The molecule has 2 aromatic carbocycles. The van der Waals surface area contributed by atoms with Gasteiger partial charge in [-0.15, -0.1) is 0 Å². The van der Waals surface area contributed by atoms with Crippen molar-refractivity contribution in [2.24, 2.45) is 4.99 Å². The zero-order valence-corrected chi connectivity index (χ0v) is 13.8. The largest absolute Gasteiger partial charge is 0.505 e. The molecule has 7 heteroatoms. The molecule has 1 aliphatic rings. The quantitative estimate of drug-likeness (QED) is 0.584. The van der Waals surface area contributed by atoms with E-state index in [0.29, 0.717) is 31.2 Å². The number of para-hydroxylation sites is 2. The summed E-state index contributed by atoms with van der Waals surface area (Å²) in [5.74, 6) is 1.03. The van der Waals surface area contributed by atoms with Gasteiger partial charge in [0.2, 0.25) is 0 Å². The maximum absolute atomic E-state index is 13.3. The number of guanidine groups is 1. The monoisotopic (exact) mass is 345 g/mol. The number of halogens is 1. The summed E-state index contributed by atoms with van der Waals surface area (Å²) in [5, 5.41) is 15.5. The molecule has 3 rings (SSSR count). The molecule has 0 amide bonds. The predicted molar refractivity (Wildman–Crippen MR) is 92.6 cm³/mol. The van der Waals surface area contributed by atoms with Gasteiger partial charge in [0.25, 0.3) is 0 Å². The van der Waals surface area contributed by atoms with Crippen LogP contribution in [-0.2, 0) is 6.54 Å². The van der Waals surface area contributed by atoms with Gasteiger partial charge in [-0.3, -0.25) is 4.99 Å².